The Morgan fingerprint density at radius 3 is 2.35 bits per heavy atom. The fourth-order valence-electron chi connectivity index (χ4n) is 3.61. The zero-order chi connectivity index (χ0) is 12.4. The Bertz CT molecular complexity index is 232. The lowest BCUT2D eigenvalue weighted by molar-refractivity contribution is 0.165. The monoisotopic (exact) mass is 237 g/mol. The molecule has 2 saturated carbocycles. The number of rotatable bonds is 5. The highest BCUT2D eigenvalue weighted by molar-refractivity contribution is 4.87. The molecule has 2 rings (SSSR count). The lowest BCUT2D eigenvalue weighted by Crippen LogP contribution is -2.44. The SMILES string of the molecule is CC1CCC(C(C)C)C(NCC(C)C2CC2)C1. The van der Waals surface area contributed by atoms with Crippen molar-refractivity contribution in [2.24, 2.45) is 29.6 Å². The van der Waals surface area contributed by atoms with E-state index in [9.17, 15) is 0 Å². The van der Waals surface area contributed by atoms with Crippen molar-refractivity contribution in [2.45, 2.75) is 65.8 Å². The summed E-state index contributed by atoms with van der Waals surface area (Å²) in [5.74, 6) is 4.63. The first-order valence-corrected chi connectivity index (χ1v) is 7.81. The average Bonchev–Trinajstić information content (AvgIpc) is 3.09. The molecule has 0 aliphatic heterocycles. The number of hydrogen-bond acceptors (Lipinski definition) is 1. The van der Waals surface area contributed by atoms with Gasteiger partial charge >= 0.3 is 0 Å². The van der Waals surface area contributed by atoms with Crippen molar-refractivity contribution in [3.63, 3.8) is 0 Å². The van der Waals surface area contributed by atoms with Crippen LogP contribution in [0.15, 0.2) is 0 Å². The van der Waals surface area contributed by atoms with Gasteiger partial charge in [-0.05, 0) is 61.8 Å². The Morgan fingerprint density at radius 2 is 1.76 bits per heavy atom. The summed E-state index contributed by atoms with van der Waals surface area (Å²) in [5, 5.41) is 3.90. The Balaban J connectivity index is 1.81. The minimum absolute atomic E-state index is 0.792. The van der Waals surface area contributed by atoms with Gasteiger partial charge in [0.25, 0.3) is 0 Å². The molecule has 0 aromatic heterocycles. The molecule has 4 unspecified atom stereocenters. The van der Waals surface area contributed by atoms with E-state index in [1.807, 2.05) is 0 Å². The summed E-state index contributed by atoms with van der Waals surface area (Å²) in [6.45, 7) is 10.9. The van der Waals surface area contributed by atoms with Gasteiger partial charge in [0, 0.05) is 6.04 Å². The second-order valence-electron chi connectivity index (χ2n) is 7.16. The third-order valence-corrected chi connectivity index (χ3v) is 5.15. The van der Waals surface area contributed by atoms with Gasteiger partial charge in [-0.3, -0.25) is 0 Å². The van der Waals surface area contributed by atoms with Gasteiger partial charge in [-0.25, -0.2) is 0 Å². The van der Waals surface area contributed by atoms with Crippen LogP contribution in [0.2, 0.25) is 0 Å². The third-order valence-electron chi connectivity index (χ3n) is 5.15. The summed E-state index contributed by atoms with van der Waals surface area (Å²) in [6, 6.07) is 0.792. The topological polar surface area (TPSA) is 12.0 Å². The highest BCUT2D eigenvalue weighted by Crippen LogP contribution is 2.37. The molecule has 0 aromatic carbocycles. The second kappa shape index (κ2) is 5.73. The molecule has 1 nitrogen and oxygen atoms in total. The van der Waals surface area contributed by atoms with Gasteiger partial charge in [0.1, 0.15) is 0 Å². The molecular weight excluding hydrogens is 206 g/mol. The minimum atomic E-state index is 0.792. The van der Waals surface area contributed by atoms with E-state index in [4.69, 9.17) is 0 Å². The molecule has 0 saturated heterocycles. The highest BCUT2D eigenvalue weighted by Gasteiger charge is 2.32. The van der Waals surface area contributed by atoms with E-state index in [0.29, 0.717) is 0 Å². The molecule has 0 bridgehead atoms. The summed E-state index contributed by atoms with van der Waals surface area (Å²) in [6.07, 6.45) is 7.25. The first-order valence-electron chi connectivity index (χ1n) is 7.81. The molecule has 2 fully saturated rings. The summed E-state index contributed by atoms with van der Waals surface area (Å²) in [7, 11) is 0. The van der Waals surface area contributed by atoms with E-state index in [0.717, 1.165) is 35.6 Å². The first-order chi connectivity index (χ1) is 8.08. The van der Waals surface area contributed by atoms with Crippen molar-refractivity contribution in [1.82, 2.24) is 5.32 Å². The Kier molecular flexibility index (Phi) is 4.52. The van der Waals surface area contributed by atoms with E-state index in [1.54, 1.807) is 0 Å². The molecule has 0 radical (unpaired) electrons. The van der Waals surface area contributed by atoms with Crippen LogP contribution in [0.5, 0.6) is 0 Å². The lowest BCUT2D eigenvalue weighted by atomic mass is 9.74. The van der Waals surface area contributed by atoms with Crippen molar-refractivity contribution < 1.29 is 0 Å². The molecule has 0 amide bonds. The molecule has 0 spiro atoms. The van der Waals surface area contributed by atoms with Crippen LogP contribution in [0, 0.1) is 29.6 Å². The van der Waals surface area contributed by atoms with E-state index in [2.05, 4.69) is 33.0 Å². The largest absolute Gasteiger partial charge is 0.313 e. The number of nitrogens with one attached hydrogen (secondary N) is 1. The highest BCUT2D eigenvalue weighted by atomic mass is 14.9. The molecule has 0 aromatic rings. The zero-order valence-electron chi connectivity index (χ0n) is 12.2. The van der Waals surface area contributed by atoms with Gasteiger partial charge < -0.3 is 5.32 Å². The minimum Gasteiger partial charge on any atom is -0.313 e. The molecule has 4 atom stereocenters. The normalized spacial score (nSPS) is 36.2. The van der Waals surface area contributed by atoms with Gasteiger partial charge in [0.2, 0.25) is 0 Å². The van der Waals surface area contributed by atoms with Gasteiger partial charge in [-0.2, -0.15) is 0 Å². The Hall–Kier alpha value is -0.0400. The van der Waals surface area contributed by atoms with Gasteiger partial charge in [0.05, 0.1) is 0 Å². The molecule has 100 valence electrons. The maximum absolute atomic E-state index is 3.90. The van der Waals surface area contributed by atoms with Crippen LogP contribution in [-0.4, -0.2) is 12.6 Å². The molecule has 1 heteroatoms. The molecular formula is C16H31N. The smallest absolute Gasteiger partial charge is 0.0100 e. The van der Waals surface area contributed by atoms with Crippen molar-refractivity contribution in [1.29, 1.82) is 0 Å². The van der Waals surface area contributed by atoms with Gasteiger partial charge in [-0.1, -0.05) is 34.1 Å². The van der Waals surface area contributed by atoms with Crippen LogP contribution in [-0.2, 0) is 0 Å². The predicted molar refractivity (Wildman–Crippen MR) is 75.0 cm³/mol. The van der Waals surface area contributed by atoms with Crippen LogP contribution in [0.25, 0.3) is 0 Å². The van der Waals surface area contributed by atoms with Crippen LogP contribution in [0.1, 0.15) is 59.8 Å². The lowest BCUT2D eigenvalue weighted by Gasteiger charge is -2.38. The first kappa shape index (κ1) is 13.4. The second-order valence-corrected chi connectivity index (χ2v) is 7.16. The predicted octanol–water partition coefficient (Wildman–Crippen LogP) is 4.08. The van der Waals surface area contributed by atoms with E-state index >= 15 is 0 Å². The van der Waals surface area contributed by atoms with Crippen molar-refractivity contribution in [3.05, 3.63) is 0 Å². The summed E-state index contributed by atoms with van der Waals surface area (Å²) >= 11 is 0. The quantitative estimate of drug-likeness (QED) is 0.759. The van der Waals surface area contributed by atoms with Gasteiger partial charge in [0.15, 0.2) is 0 Å². The molecule has 17 heavy (non-hydrogen) atoms. The standard InChI is InChI=1S/C16H31N/c1-11(2)15-8-5-12(3)9-16(15)17-10-13(4)14-6-7-14/h11-17H,5-10H2,1-4H3. The maximum Gasteiger partial charge on any atom is 0.0100 e. The molecule has 2 aliphatic rings. The van der Waals surface area contributed by atoms with E-state index in [-0.39, 0.29) is 0 Å². The molecule has 1 N–H and O–H groups in total. The van der Waals surface area contributed by atoms with Gasteiger partial charge in [-0.15, -0.1) is 0 Å². The summed E-state index contributed by atoms with van der Waals surface area (Å²) in [5.41, 5.74) is 0. The van der Waals surface area contributed by atoms with E-state index in [1.165, 1.54) is 38.6 Å². The van der Waals surface area contributed by atoms with Crippen LogP contribution >= 0.6 is 0 Å². The van der Waals surface area contributed by atoms with Crippen LogP contribution in [0.3, 0.4) is 0 Å². The Labute approximate surface area is 108 Å². The average molecular weight is 237 g/mol. The Morgan fingerprint density at radius 1 is 1.06 bits per heavy atom. The zero-order valence-corrected chi connectivity index (χ0v) is 12.2. The van der Waals surface area contributed by atoms with Crippen molar-refractivity contribution in [3.8, 4) is 0 Å². The van der Waals surface area contributed by atoms with Crippen LogP contribution < -0.4 is 5.32 Å². The molecule has 0 heterocycles. The fourth-order valence-corrected chi connectivity index (χ4v) is 3.61. The number of hydrogen-bond donors (Lipinski definition) is 1. The maximum atomic E-state index is 3.90. The van der Waals surface area contributed by atoms with Crippen molar-refractivity contribution in [2.75, 3.05) is 6.54 Å². The molecule has 2 aliphatic carbocycles. The summed E-state index contributed by atoms with van der Waals surface area (Å²) < 4.78 is 0. The van der Waals surface area contributed by atoms with Crippen LogP contribution in [0.4, 0.5) is 0 Å². The van der Waals surface area contributed by atoms with E-state index < -0.39 is 0 Å². The van der Waals surface area contributed by atoms with Crippen molar-refractivity contribution >= 4 is 0 Å². The third kappa shape index (κ3) is 3.71. The summed E-state index contributed by atoms with van der Waals surface area (Å²) in [4.78, 5) is 0. The fraction of sp³-hybridized carbons (Fsp3) is 1.00.